The SMILES string of the molecule is CC#CCCNCc1ccc(Br)c2cccnc12. The average Bonchev–Trinajstić information content (AvgIpc) is 2.41. The van der Waals surface area contributed by atoms with Gasteiger partial charge in [0.15, 0.2) is 0 Å². The van der Waals surface area contributed by atoms with Gasteiger partial charge in [0.1, 0.15) is 0 Å². The van der Waals surface area contributed by atoms with Crippen molar-refractivity contribution in [3.8, 4) is 11.8 Å². The summed E-state index contributed by atoms with van der Waals surface area (Å²) in [5.74, 6) is 5.94. The van der Waals surface area contributed by atoms with Gasteiger partial charge in [0.05, 0.1) is 5.52 Å². The fourth-order valence-corrected chi connectivity index (χ4v) is 2.29. The molecule has 0 atom stereocenters. The first-order chi connectivity index (χ1) is 8.83. The maximum Gasteiger partial charge on any atom is 0.0758 e. The number of rotatable bonds is 4. The number of nitrogens with zero attached hydrogens (tertiary/aromatic N) is 1. The second-order valence-corrected chi connectivity index (χ2v) is 4.81. The van der Waals surface area contributed by atoms with Gasteiger partial charge in [0, 0.05) is 35.6 Å². The molecule has 3 heteroatoms. The maximum atomic E-state index is 4.46. The Hall–Kier alpha value is -1.37. The summed E-state index contributed by atoms with van der Waals surface area (Å²) in [6.45, 7) is 3.60. The molecule has 92 valence electrons. The summed E-state index contributed by atoms with van der Waals surface area (Å²) in [5, 5.41) is 4.55. The number of hydrogen-bond donors (Lipinski definition) is 1. The minimum atomic E-state index is 0.826. The zero-order valence-corrected chi connectivity index (χ0v) is 11.9. The molecule has 0 bridgehead atoms. The van der Waals surface area contributed by atoms with Crippen LogP contribution in [-0.4, -0.2) is 11.5 Å². The predicted molar refractivity (Wildman–Crippen MR) is 79.2 cm³/mol. The molecule has 0 radical (unpaired) electrons. The Morgan fingerprint density at radius 1 is 1.33 bits per heavy atom. The lowest BCUT2D eigenvalue weighted by Crippen LogP contribution is -2.14. The highest BCUT2D eigenvalue weighted by Gasteiger charge is 2.04. The van der Waals surface area contributed by atoms with Crippen LogP contribution in [0.25, 0.3) is 10.9 Å². The zero-order chi connectivity index (χ0) is 12.8. The molecule has 0 spiro atoms. The van der Waals surface area contributed by atoms with E-state index in [4.69, 9.17) is 0 Å². The monoisotopic (exact) mass is 302 g/mol. The quantitative estimate of drug-likeness (QED) is 0.691. The molecule has 2 nitrogen and oxygen atoms in total. The van der Waals surface area contributed by atoms with Gasteiger partial charge in [-0.25, -0.2) is 0 Å². The van der Waals surface area contributed by atoms with Crippen molar-refractivity contribution in [3.63, 3.8) is 0 Å². The van der Waals surface area contributed by atoms with Crippen LogP contribution in [0.5, 0.6) is 0 Å². The first-order valence-corrected chi connectivity index (χ1v) is 6.74. The third-order valence-corrected chi connectivity index (χ3v) is 3.41. The highest BCUT2D eigenvalue weighted by Crippen LogP contribution is 2.24. The minimum Gasteiger partial charge on any atom is -0.312 e. The Kier molecular flexibility index (Phi) is 4.74. The Morgan fingerprint density at radius 3 is 3.06 bits per heavy atom. The second kappa shape index (κ2) is 6.53. The van der Waals surface area contributed by atoms with Crippen molar-refractivity contribution in [2.75, 3.05) is 6.54 Å². The molecule has 1 aromatic carbocycles. The number of fused-ring (bicyclic) bond motifs is 1. The number of benzene rings is 1. The first-order valence-electron chi connectivity index (χ1n) is 5.95. The molecule has 1 aromatic heterocycles. The van der Waals surface area contributed by atoms with Crippen molar-refractivity contribution in [1.29, 1.82) is 0 Å². The van der Waals surface area contributed by atoms with Gasteiger partial charge in [-0.2, -0.15) is 0 Å². The minimum absolute atomic E-state index is 0.826. The molecular formula is C15H15BrN2. The first kappa shape index (κ1) is 13.1. The van der Waals surface area contributed by atoms with E-state index in [2.05, 4.69) is 56.3 Å². The largest absolute Gasteiger partial charge is 0.312 e. The van der Waals surface area contributed by atoms with Crippen molar-refractivity contribution >= 4 is 26.8 Å². The van der Waals surface area contributed by atoms with E-state index in [9.17, 15) is 0 Å². The van der Waals surface area contributed by atoms with E-state index in [0.29, 0.717) is 0 Å². The van der Waals surface area contributed by atoms with E-state index >= 15 is 0 Å². The molecular weight excluding hydrogens is 288 g/mol. The van der Waals surface area contributed by atoms with Crippen LogP contribution < -0.4 is 5.32 Å². The van der Waals surface area contributed by atoms with E-state index in [1.807, 2.05) is 19.2 Å². The number of hydrogen-bond acceptors (Lipinski definition) is 2. The summed E-state index contributed by atoms with van der Waals surface area (Å²) in [6, 6.07) is 8.23. The van der Waals surface area contributed by atoms with Crippen molar-refractivity contribution in [2.45, 2.75) is 19.9 Å². The lowest BCUT2D eigenvalue weighted by atomic mass is 10.1. The van der Waals surface area contributed by atoms with Gasteiger partial charge in [0.25, 0.3) is 0 Å². The van der Waals surface area contributed by atoms with Crippen LogP contribution >= 0.6 is 15.9 Å². The number of aromatic nitrogens is 1. The van der Waals surface area contributed by atoms with Crippen molar-refractivity contribution in [2.24, 2.45) is 0 Å². The zero-order valence-electron chi connectivity index (χ0n) is 10.3. The van der Waals surface area contributed by atoms with E-state index < -0.39 is 0 Å². The van der Waals surface area contributed by atoms with Gasteiger partial charge >= 0.3 is 0 Å². The third-order valence-electron chi connectivity index (χ3n) is 2.72. The summed E-state index contributed by atoms with van der Waals surface area (Å²) in [6.07, 6.45) is 2.72. The summed E-state index contributed by atoms with van der Waals surface area (Å²) in [4.78, 5) is 4.46. The third kappa shape index (κ3) is 3.10. The van der Waals surface area contributed by atoms with Crippen molar-refractivity contribution < 1.29 is 0 Å². The van der Waals surface area contributed by atoms with Crippen LogP contribution in [0.1, 0.15) is 18.9 Å². The Balaban J connectivity index is 2.13. The average molecular weight is 303 g/mol. The molecule has 0 aliphatic carbocycles. The lowest BCUT2D eigenvalue weighted by molar-refractivity contribution is 0.703. The topological polar surface area (TPSA) is 24.9 Å². The molecule has 0 unspecified atom stereocenters. The number of pyridine rings is 1. The van der Waals surface area contributed by atoms with Gasteiger partial charge < -0.3 is 5.32 Å². The van der Waals surface area contributed by atoms with Gasteiger partial charge in [-0.05, 0) is 24.6 Å². The van der Waals surface area contributed by atoms with Crippen LogP contribution in [0.2, 0.25) is 0 Å². The van der Waals surface area contributed by atoms with Gasteiger partial charge in [0.2, 0.25) is 0 Å². The van der Waals surface area contributed by atoms with E-state index in [1.165, 1.54) is 5.56 Å². The molecule has 1 heterocycles. The van der Waals surface area contributed by atoms with Crippen LogP contribution in [-0.2, 0) is 6.54 Å². The molecule has 0 aliphatic rings. The Bertz CT molecular complexity index is 596. The van der Waals surface area contributed by atoms with Crippen LogP contribution in [0.15, 0.2) is 34.9 Å². The van der Waals surface area contributed by atoms with Crippen molar-refractivity contribution in [3.05, 3.63) is 40.5 Å². The molecule has 0 aliphatic heterocycles. The normalized spacial score (nSPS) is 10.1. The smallest absolute Gasteiger partial charge is 0.0758 e. The van der Waals surface area contributed by atoms with Crippen molar-refractivity contribution in [1.82, 2.24) is 10.3 Å². The molecule has 1 N–H and O–H groups in total. The summed E-state index contributed by atoms with van der Waals surface area (Å²) in [7, 11) is 0. The van der Waals surface area contributed by atoms with Crippen LogP contribution in [0.4, 0.5) is 0 Å². The van der Waals surface area contributed by atoms with E-state index in [0.717, 1.165) is 34.9 Å². The van der Waals surface area contributed by atoms with Crippen LogP contribution in [0.3, 0.4) is 0 Å². The molecule has 0 saturated heterocycles. The summed E-state index contributed by atoms with van der Waals surface area (Å²) in [5.41, 5.74) is 2.28. The number of halogens is 1. The molecule has 2 rings (SSSR count). The molecule has 0 saturated carbocycles. The van der Waals surface area contributed by atoms with Gasteiger partial charge in [-0.3, -0.25) is 4.98 Å². The second-order valence-electron chi connectivity index (χ2n) is 3.96. The Labute approximate surface area is 116 Å². The van der Waals surface area contributed by atoms with Crippen LogP contribution in [0, 0.1) is 11.8 Å². The fraction of sp³-hybridized carbons (Fsp3) is 0.267. The summed E-state index contributed by atoms with van der Waals surface area (Å²) < 4.78 is 1.09. The standard InChI is InChI=1S/C15H15BrN2/c1-2-3-4-9-17-11-12-7-8-14(16)13-6-5-10-18-15(12)13/h5-8,10,17H,4,9,11H2,1H3. The highest BCUT2D eigenvalue weighted by atomic mass is 79.9. The molecule has 0 fully saturated rings. The molecule has 2 aromatic rings. The summed E-state index contributed by atoms with van der Waals surface area (Å²) >= 11 is 3.55. The predicted octanol–water partition coefficient (Wildman–Crippen LogP) is 3.50. The Morgan fingerprint density at radius 2 is 2.22 bits per heavy atom. The van der Waals surface area contributed by atoms with Gasteiger partial charge in [-0.15, -0.1) is 11.8 Å². The lowest BCUT2D eigenvalue weighted by Gasteiger charge is -2.07. The fourth-order valence-electron chi connectivity index (χ4n) is 1.84. The molecule has 0 amide bonds. The van der Waals surface area contributed by atoms with E-state index in [-0.39, 0.29) is 0 Å². The van der Waals surface area contributed by atoms with Gasteiger partial charge in [-0.1, -0.05) is 28.1 Å². The number of nitrogens with one attached hydrogen (secondary N) is 1. The maximum absolute atomic E-state index is 4.46. The highest BCUT2D eigenvalue weighted by molar-refractivity contribution is 9.10. The van der Waals surface area contributed by atoms with E-state index in [1.54, 1.807) is 0 Å². The molecule has 18 heavy (non-hydrogen) atoms.